The van der Waals surface area contributed by atoms with Crippen molar-refractivity contribution in [3.05, 3.63) is 0 Å². The molecule has 0 bridgehead atoms. The van der Waals surface area contributed by atoms with Crippen molar-refractivity contribution in [2.75, 3.05) is 0 Å². The summed E-state index contributed by atoms with van der Waals surface area (Å²) in [5.74, 6) is 0. The van der Waals surface area contributed by atoms with Crippen molar-refractivity contribution in [2.45, 2.75) is 0 Å². The maximum absolute atomic E-state index is 4.83. The topological polar surface area (TPSA) is 31.5 Å². The first-order valence-corrected chi connectivity index (χ1v) is 4.47. The standard InChI is InChI=1S/2ClH.H2O.Rh/h2*1H;1H2;/q;;;+2/p-2. The van der Waals surface area contributed by atoms with Gasteiger partial charge in [0.1, 0.15) is 0 Å². The third-order valence-electron chi connectivity index (χ3n) is 0. The molecule has 0 aromatic heterocycles. The van der Waals surface area contributed by atoms with Crippen molar-refractivity contribution in [1.82, 2.24) is 0 Å². The molecule has 0 aromatic rings. The summed E-state index contributed by atoms with van der Waals surface area (Å²) in [6, 6.07) is 0. The van der Waals surface area contributed by atoms with E-state index in [-0.39, 0.29) is 20.6 Å². The summed E-state index contributed by atoms with van der Waals surface area (Å²) in [5.41, 5.74) is 0. The van der Waals surface area contributed by atoms with E-state index < -0.39 is 0 Å². The number of halogens is 2. The van der Waals surface area contributed by atoms with Crippen molar-refractivity contribution in [1.29, 1.82) is 0 Å². The molecule has 0 saturated heterocycles. The van der Waals surface area contributed by atoms with Gasteiger partial charge in [-0.1, -0.05) is 0 Å². The summed E-state index contributed by atoms with van der Waals surface area (Å²) in [6.07, 6.45) is 0. The van der Waals surface area contributed by atoms with Crippen LogP contribution < -0.4 is 0 Å². The van der Waals surface area contributed by atoms with Crippen LogP contribution in [0.15, 0.2) is 0 Å². The van der Waals surface area contributed by atoms with Gasteiger partial charge in [0.15, 0.2) is 0 Å². The van der Waals surface area contributed by atoms with E-state index in [1.807, 2.05) is 0 Å². The van der Waals surface area contributed by atoms with E-state index in [0.29, 0.717) is 0 Å². The molecule has 0 spiro atoms. The molecule has 0 aromatic carbocycles. The summed E-state index contributed by atoms with van der Waals surface area (Å²) in [5, 5.41) is 0. The fourth-order valence-electron chi connectivity index (χ4n) is 0. The summed E-state index contributed by atoms with van der Waals surface area (Å²) >= 11 is -0.226. The van der Waals surface area contributed by atoms with Gasteiger partial charge in [0.05, 0.1) is 0 Å². The quantitative estimate of drug-likeness (QED) is 0.502. The molecule has 31 valence electrons. The first-order valence-electron chi connectivity index (χ1n) is 0.252. The van der Waals surface area contributed by atoms with Gasteiger partial charge in [0, 0.05) is 0 Å². The van der Waals surface area contributed by atoms with E-state index in [2.05, 4.69) is 0 Å². The fourth-order valence-corrected chi connectivity index (χ4v) is 0. The third-order valence-corrected chi connectivity index (χ3v) is 0. The molecule has 0 aliphatic heterocycles. The molecule has 0 unspecified atom stereocenters. The molecule has 0 aliphatic rings. The molecule has 2 N–H and O–H groups in total. The summed E-state index contributed by atoms with van der Waals surface area (Å²) in [6.45, 7) is 0. The Kier molecular flexibility index (Phi) is 19.9. The Morgan fingerprint density at radius 3 is 1.25 bits per heavy atom. The van der Waals surface area contributed by atoms with E-state index >= 15 is 0 Å². The minimum absolute atomic E-state index is 0. The Morgan fingerprint density at radius 2 is 1.25 bits per heavy atom. The van der Waals surface area contributed by atoms with Crippen LogP contribution in [0.25, 0.3) is 0 Å². The van der Waals surface area contributed by atoms with Gasteiger partial charge in [-0.3, -0.25) is 0 Å². The molecular formula is H2Cl2ORh. The second kappa shape index (κ2) is 8.90. The first kappa shape index (κ1) is 8.94. The molecule has 0 atom stereocenters. The monoisotopic (exact) mass is 191 g/mol. The van der Waals surface area contributed by atoms with Gasteiger partial charge in [-0.05, 0) is 0 Å². The molecule has 4 heteroatoms. The average molecular weight is 192 g/mol. The Morgan fingerprint density at radius 1 is 1.25 bits per heavy atom. The Labute approximate surface area is 40.3 Å². The molecule has 1 nitrogen and oxygen atoms in total. The summed E-state index contributed by atoms with van der Waals surface area (Å²) < 4.78 is 0. The van der Waals surface area contributed by atoms with Crippen molar-refractivity contribution >= 4 is 19.4 Å². The van der Waals surface area contributed by atoms with Gasteiger partial charge in [0.2, 0.25) is 0 Å². The van der Waals surface area contributed by atoms with Gasteiger partial charge in [-0.2, -0.15) is 0 Å². The van der Waals surface area contributed by atoms with Crippen LogP contribution in [0.2, 0.25) is 0 Å². The van der Waals surface area contributed by atoms with E-state index in [1.165, 1.54) is 0 Å². The fraction of sp³-hybridized carbons (Fsp3) is 0. The van der Waals surface area contributed by atoms with E-state index in [0.717, 1.165) is 0 Å². The van der Waals surface area contributed by atoms with Gasteiger partial charge in [-0.25, -0.2) is 0 Å². The van der Waals surface area contributed by atoms with Crippen molar-refractivity contribution in [2.24, 2.45) is 0 Å². The normalized spacial score (nSPS) is 5.50. The molecule has 4 heavy (non-hydrogen) atoms. The zero-order valence-electron chi connectivity index (χ0n) is 1.59. The molecule has 0 heterocycles. The number of hydrogen-bond donors (Lipinski definition) is 0. The Bertz CT molecular complexity index is 6.00. The number of rotatable bonds is 0. The zero-order chi connectivity index (χ0) is 2.71. The van der Waals surface area contributed by atoms with E-state index in [1.54, 1.807) is 0 Å². The zero-order valence-corrected chi connectivity index (χ0v) is 4.74. The second-order valence-corrected chi connectivity index (χ2v) is 2.54. The number of hydrogen-bond acceptors (Lipinski definition) is 0. The van der Waals surface area contributed by atoms with Crippen molar-refractivity contribution in [3.8, 4) is 0 Å². The van der Waals surface area contributed by atoms with Crippen LogP contribution in [0.3, 0.4) is 0 Å². The van der Waals surface area contributed by atoms with Gasteiger partial charge >= 0.3 is 34.5 Å². The minimum atomic E-state index is -0.226. The molecule has 0 fully saturated rings. The predicted molar refractivity (Wildman–Crippen MR) is 15.3 cm³/mol. The van der Waals surface area contributed by atoms with Gasteiger partial charge in [-0.15, -0.1) is 0 Å². The maximum atomic E-state index is 4.83. The molecule has 0 saturated carbocycles. The first-order chi connectivity index (χ1) is 1.41. The Balaban J connectivity index is 0. The Hall–Kier alpha value is 1.16. The summed E-state index contributed by atoms with van der Waals surface area (Å²) in [4.78, 5) is 0. The van der Waals surface area contributed by atoms with Crippen LogP contribution in [0.4, 0.5) is 0 Å². The molecule has 0 aliphatic carbocycles. The molecule has 0 amide bonds. The van der Waals surface area contributed by atoms with Crippen LogP contribution >= 0.6 is 19.4 Å². The molecule has 0 rings (SSSR count). The van der Waals surface area contributed by atoms with E-state index in [4.69, 9.17) is 19.4 Å². The third kappa shape index (κ3) is 10.9. The van der Waals surface area contributed by atoms with Crippen LogP contribution in [0.5, 0.6) is 0 Å². The summed E-state index contributed by atoms with van der Waals surface area (Å²) in [7, 11) is 9.67. The molecule has 0 radical (unpaired) electrons. The SMILES string of the molecule is O.[Cl][Rh][Cl]. The van der Waals surface area contributed by atoms with Crippen LogP contribution in [0.1, 0.15) is 0 Å². The van der Waals surface area contributed by atoms with Crippen molar-refractivity contribution in [3.63, 3.8) is 0 Å². The van der Waals surface area contributed by atoms with Crippen LogP contribution in [-0.2, 0) is 15.1 Å². The van der Waals surface area contributed by atoms with Crippen LogP contribution in [0, 0.1) is 0 Å². The van der Waals surface area contributed by atoms with Gasteiger partial charge in [0.25, 0.3) is 0 Å². The van der Waals surface area contributed by atoms with Gasteiger partial charge < -0.3 is 5.48 Å². The molecular weight excluding hydrogens is 190 g/mol. The average Bonchev–Trinajstić information content (AvgIpc) is 0.918. The van der Waals surface area contributed by atoms with E-state index in [9.17, 15) is 0 Å². The second-order valence-electron chi connectivity index (χ2n) is 0.0476. The van der Waals surface area contributed by atoms with Crippen molar-refractivity contribution < 1.29 is 20.6 Å². The van der Waals surface area contributed by atoms with Crippen LogP contribution in [-0.4, -0.2) is 5.48 Å². The predicted octanol–water partition coefficient (Wildman–Crippen LogP) is 0.552.